The molecule has 1 aromatic carbocycles. The molecule has 0 aliphatic heterocycles. The molecule has 0 saturated heterocycles. The number of halogens is 3. The van der Waals surface area contributed by atoms with Crippen LogP contribution in [0.25, 0.3) is 5.82 Å². The smallest absolute Gasteiger partial charge is 0.266 e. The maximum atomic E-state index is 12.4. The van der Waals surface area contributed by atoms with Crippen LogP contribution >= 0.6 is 34.8 Å². The highest BCUT2D eigenvalue weighted by molar-refractivity contribution is 7.89. The average Bonchev–Trinajstić information content (AvgIpc) is 3.14. The van der Waals surface area contributed by atoms with Gasteiger partial charge in [-0.15, -0.1) is 5.10 Å². The van der Waals surface area contributed by atoms with E-state index in [2.05, 4.69) is 14.9 Å². The third-order valence-electron chi connectivity index (χ3n) is 3.47. The fraction of sp³-hybridized carbons (Fsp3) is 0.133. The minimum absolute atomic E-state index is 0.00606. The molecule has 2 heterocycles. The first-order valence-electron chi connectivity index (χ1n) is 7.50. The van der Waals surface area contributed by atoms with Gasteiger partial charge in [0.05, 0.1) is 21.6 Å². The predicted molar refractivity (Wildman–Crippen MR) is 102 cm³/mol. The highest BCUT2D eigenvalue weighted by Crippen LogP contribution is 2.31. The fourth-order valence-electron chi connectivity index (χ4n) is 2.20. The van der Waals surface area contributed by atoms with Crippen molar-refractivity contribution in [1.29, 1.82) is 0 Å². The van der Waals surface area contributed by atoms with Gasteiger partial charge in [-0.25, -0.2) is 22.5 Å². The first kappa shape index (κ1) is 19.8. The molecule has 142 valence electrons. The Bertz CT molecular complexity index is 1130. The molecular formula is C15H12Cl3N5O3S. The first-order chi connectivity index (χ1) is 12.8. The molecule has 8 nitrogen and oxygen atoms in total. The summed E-state index contributed by atoms with van der Waals surface area (Å²) in [6.45, 7) is -0.0828. The Labute approximate surface area is 169 Å². The third-order valence-corrected chi connectivity index (χ3v) is 6.12. The Morgan fingerprint density at radius 2 is 1.81 bits per heavy atom. The average molecular weight is 449 g/mol. The van der Waals surface area contributed by atoms with Crippen molar-refractivity contribution in [2.45, 2.75) is 11.4 Å². The Kier molecular flexibility index (Phi) is 5.87. The maximum absolute atomic E-state index is 12.4. The van der Waals surface area contributed by atoms with Gasteiger partial charge in [-0.2, -0.15) is 5.10 Å². The van der Waals surface area contributed by atoms with Crippen LogP contribution in [0.4, 0.5) is 0 Å². The molecule has 0 aliphatic carbocycles. The zero-order valence-electron chi connectivity index (χ0n) is 13.5. The maximum Gasteiger partial charge on any atom is 0.266 e. The van der Waals surface area contributed by atoms with Crippen molar-refractivity contribution in [2.24, 2.45) is 0 Å². The van der Waals surface area contributed by atoms with E-state index in [1.807, 2.05) is 0 Å². The summed E-state index contributed by atoms with van der Waals surface area (Å²) in [7, 11) is -3.95. The summed E-state index contributed by atoms with van der Waals surface area (Å²) in [6, 6.07) is 6.98. The second-order valence-corrected chi connectivity index (χ2v) is 8.26. The summed E-state index contributed by atoms with van der Waals surface area (Å²) in [6.07, 6.45) is 3.25. The molecule has 12 heteroatoms. The van der Waals surface area contributed by atoms with Gasteiger partial charge in [-0.05, 0) is 24.3 Å². The van der Waals surface area contributed by atoms with E-state index in [-0.39, 0.29) is 38.6 Å². The van der Waals surface area contributed by atoms with Crippen molar-refractivity contribution < 1.29 is 8.42 Å². The Morgan fingerprint density at radius 1 is 1.07 bits per heavy atom. The molecule has 0 unspecified atom stereocenters. The van der Waals surface area contributed by atoms with Gasteiger partial charge in [0, 0.05) is 25.0 Å². The number of rotatable bonds is 6. The largest absolute Gasteiger partial charge is 0.268 e. The number of nitrogens with zero attached hydrogens (tertiary/aromatic N) is 4. The van der Waals surface area contributed by atoms with Gasteiger partial charge >= 0.3 is 0 Å². The number of benzene rings is 1. The second-order valence-electron chi connectivity index (χ2n) is 5.30. The van der Waals surface area contributed by atoms with Crippen LogP contribution in [-0.4, -0.2) is 34.5 Å². The van der Waals surface area contributed by atoms with Crippen molar-refractivity contribution in [3.63, 3.8) is 0 Å². The Balaban J connectivity index is 1.75. The number of hydrogen-bond donors (Lipinski definition) is 1. The van der Waals surface area contributed by atoms with Gasteiger partial charge < -0.3 is 0 Å². The molecule has 0 atom stereocenters. The molecule has 3 rings (SSSR count). The number of aromatic nitrogens is 4. The van der Waals surface area contributed by atoms with E-state index in [0.29, 0.717) is 5.82 Å². The SMILES string of the molecule is O=c1ccc(-n2cccn2)nn1CCNS(=O)(=O)c1cc(Cl)c(Cl)cc1Cl. The van der Waals surface area contributed by atoms with Crippen LogP contribution in [0, 0.1) is 0 Å². The van der Waals surface area contributed by atoms with Gasteiger partial charge in [0.1, 0.15) is 4.90 Å². The first-order valence-corrected chi connectivity index (χ1v) is 10.1. The van der Waals surface area contributed by atoms with Crippen molar-refractivity contribution in [3.05, 3.63) is 68.1 Å². The molecule has 0 spiro atoms. The summed E-state index contributed by atoms with van der Waals surface area (Å²) in [5, 5.41) is 8.33. The third kappa shape index (κ3) is 4.50. The molecule has 27 heavy (non-hydrogen) atoms. The Morgan fingerprint density at radius 3 is 2.52 bits per heavy atom. The minimum Gasteiger partial charge on any atom is -0.268 e. The lowest BCUT2D eigenvalue weighted by atomic mass is 10.4. The van der Waals surface area contributed by atoms with Crippen LogP contribution in [-0.2, 0) is 16.6 Å². The van der Waals surface area contributed by atoms with Crippen LogP contribution in [0.5, 0.6) is 0 Å². The van der Waals surface area contributed by atoms with E-state index in [0.717, 1.165) is 10.7 Å². The Hall–Kier alpha value is -1.91. The van der Waals surface area contributed by atoms with Crippen LogP contribution in [0.3, 0.4) is 0 Å². The fourth-order valence-corrected chi connectivity index (χ4v) is 4.22. The van der Waals surface area contributed by atoms with Crippen molar-refractivity contribution in [1.82, 2.24) is 24.3 Å². The van der Waals surface area contributed by atoms with E-state index < -0.39 is 10.0 Å². The lowest BCUT2D eigenvalue weighted by Crippen LogP contribution is -2.32. The van der Waals surface area contributed by atoms with Crippen molar-refractivity contribution >= 4 is 44.8 Å². The predicted octanol–water partition coefficient (Wildman–Crippen LogP) is 2.37. The molecule has 0 amide bonds. The molecule has 1 N–H and O–H groups in total. The van der Waals surface area contributed by atoms with Crippen LogP contribution in [0.15, 0.2) is 52.4 Å². The van der Waals surface area contributed by atoms with Gasteiger partial charge in [-0.1, -0.05) is 34.8 Å². The minimum atomic E-state index is -3.95. The zero-order chi connectivity index (χ0) is 19.6. The van der Waals surface area contributed by atoms with Crippen LogP contribution < -0.4 is 10.3 Å². The standard InChI is InChI=1S/C15H12Cl3N5O3S/c16-10-8-12(18)13(9-11(10)17)27(25,26)20-5-7-23-15(24)3-2-14(21-23)22-6-1-4-19-22/h1-4,6,8-9,20H,5,7H2. The monoisotopic (exact) mass is 447 g/mol. The topological polar surface area (TPSA) is 98.9 Å². The molecule has 0 aliphatic rings. The highest BCUT2D eigenvalue weighted by Gasteiger charge is 2.19. The lowest BCUT2D eigenvalue weighted by molar-refractivity contribution is 0.542. The summed E-state index contributed by atoms with van der Waals surface area (Å²) in [4.78, 5) is 11.7. The van der Waals surface area contributed by atoms with Crippen molar-refractivity contribution in [3.8, 4) is 5.82 Å². The molecule has 0 radical (unpaired) electrons. The van der Waals surface area contributed by atoms with E-state index in [4.69, 9.17) is 34.8 Å². The van der Waals surface area contributed by atoms with Crippen LogP contribution in [0.1, 0.15) is 0 Å². The van der Waals surface area contributed by atoms with E-state index in [9.17, 15) is 13.2 Å². The second kappa shape index (κ2) is 7.99. The molecule has 0 saturated carbocycles. The van der Waals surface area contributed by atoms with Gasteiger partial charge in [0.25, 0.3) is 5.56 Å². The zero-order valence-corrected chi connectivity index (χ0v) is 16.6. The number of nitrogens with one attached hydrogen (secondary N) is 1. The molecule has 3 aromatic rings. The normalized spacial score (nSPS) is 11.7. The molecule has 0 fully saturated rings. The van der Waals surface area contributed by atoms with Crippen LogP contribution in [0.2, 0.25) is 15.1 Å². The number of hydrogen-bond acceptors (Lipinski definition) is 5. The van der Waals surface area contributed by atoms with Crippen molar-refractivity contribution in [2.75, 3.05) is 6.54 Å². The highest BCUT2D eigenvalue weighted by atomic mass is 35.5. The van der Waals surface area contributed by atoms with Gasteiger partial charge in [0.2, 0.25) is 10.0 Å². The van der Waals surface area contributed by atoms with E-state index in [1.54, 1.807) is 18.5 Å². The summed E-state index contributed by atoms with van der Waals surface area (Å²) in [5.74, 6) is 0.426. The van der Waals surface area contributed by atoms with Gasteiger partial charge in [-0.3, -0.25) is 4.79 Å². The summed E-state index contributed by atoms with van der Waals surface area (Å²) < 4.78 is 29.8. The molecule has 0 bridgehead atoms. The summed E-state index contributed by atoms with van der Waals surface area (Å²) in [5.41, 5.74) is -0.377. The van der Waals surface area contributed by atoms with E-state index in [1.165, 1.54) is 22.9 Å². The molecule has 2 aromatic heterocycles. The summed E-state index contributed by atoms with van der Waals surface area (Å²) >= 11 is 17.6. The molecular weight excluding hydrogens is 437 g/mol. The number of sulfonamides is 1. The quantitative estimate of drug-likeness (QED) is 0.584. The van der Waals surface area contributed by atoms with Gasteiger partial charge in [0.15, 0.2) is 5.82 Å². The lowest BCUT2D eigenvalue weighted by Gasteiger charge is -2.11. The van der Waals surface area contributed by atoms with E-state index >= 15 is 0 Å².